The number of carbonyl (C=O) groups excluding carboxylic acids is 1. The summed E-state index contributed by atoms with van der Waals surface area (Å²) in [5, 5.41) is 6.64. The molecule has 6 nitrogen and oxygen atoms in total. The molecule has 0 radical (unpaired) electrons. The van der Waals surface area contributed by atoms with Crippen molar-refractivity contribution in [3.63, 3.8) is 0 Å². The predicted molar refractivity (Wildman–Crippen MR) is 96.3 cm³/mol. The second-order valence-corrected chi connectivity index (χ2v) is 6.76. The summed E-state index contributed by atoms with van der Waals surface area (Å²) in [7, 11) is 1.95. The third-order valence-electron chi connectivity index (χ3n) is 3.80. The normalized spacial score (nSPS) is 11.5. The topological polar surface area (TPSA) is 71.8 Å². The zero-order valence-electron chi connectivity index (χ0n) is 14.3. The molecular weight excluding hydrogens is 302 g/mol. The van der Waals surface area contributed by atoms with Gasteiger partial charge in [0.2, 0.25) is 5.95 Å². The smallest absolute Gasteiger partial charge is 0.326 e. The van der Waals surface area contributed by atoms with Crippen LogP contribution in [0.2, 0.25) is 0 Å². The highest BCUT2D eigenvalue weighted by Crippen LogP contribution is 2.24. The first-order chi connectivity index (χ1) is 11.3. The molecule has 3 rings (SSSR count). The molecule has 0 unspecified atom stereocenters. The van der Waals surface area contributed by atoms with E-state index >= 15 is 0 Å². The molecule has 2 aromatic heterocycles. The van der Waals surface area contributed by atoms with E-state index in [-0.39, 0.29) is 11.4 Å². The fourth-order valence-electron chi connectivity index (χ4n) is 2.55. The van der Waals surface area contributed by atoms with Crippen molar-refractivity contribution in [2.45, 2.75) is 26.2 Å². The maximum absolute atomic E-state index is 12.3. The largest absolute Gasteiger partial charge is 0.349 e. The Balaban J connectivity index is 1.80. The molecule has 0 aliphatic heterocycles. The first-order valence-corrected chi connectivity index (χ1v) is 7.80. The minimum absolute atomic E-state index is 0.107. The third-order valence-corrected chi connectivity index (χ3v) is 3.80. The molecule has 2 N–H and O–H groups in total. The second kappa shape index (κ2) is 5.96. The minimum Gasteiger partial charge on any atom is -0.349 e. The number of amides is 2. The number of benzene rings is 1. The number of hydrogen-bond donors (Lipinski definition) is 2. The number of nitrogens with zero attached hydrogens (tertiary/aromatic N) is 3. The summed E-state index contributed by atoms with van der Waals surface area (Å²) < 4.78 is 1.97. The van der Waals surface area contributed by atoms with E-state index in [0.29, 0.717) is 5.95 Å². The Hall–Kier alpha value is -2.89. The van der Waals surface area contributed by atoms with Crippen molar-refractivity contribution in [2.24, 2.45) is 7.05 Å². The lowest BCUT2D eigenvalue weighted by atomic mass is 9.92. The van der Waals surface area contributed by atoms with E-state index in [4.69, 9.17) is 0 Å². The molecule has 0 aliphatic carbocycles. The molecule has 0 bridgehead atoms. The molecule has 0 atom stereocenters. The van der Waals surface area contributed by atoms with Crippen LogP contribution in [0.15, 0.2) is 42.7 Å². The average Bonchev–Trinajstić information content (AvgIpc) is 2.89. The van der Waals surface area contributed by atoms with Crippen LogP contribution in [-0.4, -0.2) is 20.6 Å². The number of fused-ring (bicyclic) bond motifs is 1. The molecule has 0 saturated carbocycles. The van der Waals surface area contributed by atoms with Gasteiger partial charge in [-0.3, -0.25) is 5.32 Å². The molecule has 0 spiro atoms. The summed E-state index contributed by atoms with van der Waals surface area (Å²) in [4.78, 5) is 20.8. The van der Waals surface area contributed by atoms with Crippen LogP contribution in [0.4, 0.5) is 16.4 Å². The lowest BCUT2D eigenvalue weighted by Crippen LogP contribution is -2.22. The highest BCUT2D eigenvalue weighted by molar-refractivity contribution is 6.04. The maximum Gasteiger partial charge on any atom is 0.326 e. The highest BCUT2D eigenvalue weighted by atomic mass is 16.2. The van der Waals surface area contributed by atoms with E-state index in [1.165, 1.54) is 0 Å². The summed E-state index contributed by atoms with van der Waals surface area (Å²) in [5.74, 6) is 0.291. The number of hydrogen-bond acceptors (Lipinski definition) is 3. The number of urea groups is 1. The standard InChI is InChI=1S/C18H21N5O/c1-18(2,3)14-8-10-19-16(21-14)22-17(24)20-13-7-5-6-12-9-11-23(4)15(12)13/h5-11H,1-4H3,(H2,19,20,21,22,24). The Kier molecular flexibility index (Phi) is 3.97. The van der Waals surface area contributed by atoms with Gasteiger partial charge in [-0.2, -0.15) is 0 Å². The van der Waals surface area contributed by atoms with Crippen molar-refractivity contribution in [3.8, 4) is 0 Å². The van der Waals surface area contributed by atoms with Crippen LogP contribution < -0.4 is 10.6 Å². The molecule has 1 aromatic carbocycles. The van der Waals surface area contributed by atoms with Crippen LogP contribution in [-0.2, 0) is 12.5 Å². The van der Waals surface area contributed by atoms with E-state index < -0.39 is 0 Å². The van der Waals surface area contributed by atoms with Gasteiger partial charge >= 0.3 is 6.03 Å². The first-order valence-electron chi connectivity index (χ1n) is 7.80. The zero-order chi connectivity index (χ0) is 17.3. The molecule has 6 heteroatoms. The van der Waals surface area contributed by atoms with Gasteiger partial charge in [0.05, 0.1) is 16.9 Å². The van der Waals surface area contributed by atoms with Crippen LogP contribution in [0.5, 0.6) is 0 Å². The Labute approximate surface area is 140 Å². The Morgan fingerprint density at radius 2 is 1.92 bits per heavy atom. The van der Waals surface area contributed by atoms with Crippen LogP contribution in [0, 0.1) is 0 Å². The van der Waals surface area contributed by atoms with E-state index in [2.05, 4.69) is 41.4 Å². The number of anilines is 2. The molecule has 0 aliphatic rings. The summed E-state index contributed by atoms with van der Waals surface area (Å²) in [6.45, 7) is 6.19. The van der Waals surface area contributed by atoms with E-state index in [1.54, 1.807) is 6.20 Å². The van der Waals surface area contributed by atoms with Gasteiger partial charge in [-0.15, -0.1) is 0 Å². The maximum atomic E-state index is 12.3. The van der Waals surface area contributed by atoms with E-state index in [1.807, 2.05) is 48.1 Å². The summed E-state index contributed by atoms with van der Waals surface area (Å²) in [6.07, 6.45) is 3.62. The summed E-state index contributed by atoms with van der Waals surface area (Å²) >= 11 is 0. The summed E-state index contributed by atoms with van der Waals surface area (Å²) in [5.41, 5.74) is 2.48. The van der Waals surface area contributed by atoms with E-state index in [0.717, 1.165) is 22.3 Å². The second-order valence-electron chi connectivity index (χ2n) is 6.76. The molecule has 0 fully saturated rings. The van der Waals surface area contributed by atoms with Gasteiger partial charge in [0.25, 0.3) is 0 Å². The molecule has 124 valence electrons. The quantitative estimate of drug-likeness (QED) is 0.751. The Morgan fingerprint density at radius 3 is 2.67 bits per heavy atom. The van der Waals surface area contributed by atoms with Gasteiger partial charge in [-0.1, -0.05) is 32.9 Å². The molecule has 0 saturated heterocycles. The van der Waals surface area contributed by atoms with Gasteiger partial charge < -0.3 is 9.88 Å². The fourth-order valence-corrected chi connectivity index (χ4v) is 2.55. The van der Waals surface area contributed by atoms with Crippen molar-refractivity contribution in [3.05, 3.63) is 48.4 Å². The van der Waals surface area contributed by atoms with Gasteiger partial charge in [0.1, 0.15) is 0 Å². The van der Waals surface area contributed by atoms with Crippen molar-refractivity contribution in [1.29, 1.82) is 0 Å². The summed E-state index contributed by atoms with van der Waals surface area (Å²) in [6, 6.07) is 9.29. The van der Waals surface area contributed by atoms with Gasteiger partial charge in [0.15, 0.2) is 0 Å². The molecular formula is C18H21N5O. The van der Waals surface area contributed by atoms with Crippen molar-refractivity contribution in [2.75, 3.05) is 10.6 Å². The number of para-hydroxylation sites is 1. The van der Waals surface area contributed by atoms with Gasteiger partial charge in [-0.25, -0.2) is 14.8 Å². The zero-order valence-corrected chi connectivity index (χ0v) is 14.3. The van der Waals surface area contributed by atoms with Gasteiger partial charge in [-0.05, 0) is 18.2 Å². The Morgan fingerprint density at radius 1 is 1.12 bits per heavy atom. The number of carbonyl (C=O) groups is 1. The lowest BCUT2D eigenvalue weighted by molar-refractivity contribution is 0.262. The van der Waals surface area contributed by atoms with Crippen LogP contribution in [0.3, 0.4) is 0 Å². The fraction of sp³-hybridized carbons (Fsp3) is 0.278. The van der Waals surface area contributed by atoms with E-state index in [9.17, 15) is 4.79 Å². The predicted octanol–water partition coefficient (Wildman–Crippen LogP) is 3.91. The molecule has 24 heavy (non-hydrogen) atoms. The van der Waals surface area contributed by atoms with Crippen molar-refractivity contribution < 1.29 is 4.79 Å². The van der Waals surface area contributed by atoms with Crippen LogP contribution in [0.1, 0.15) is 26.5 Å². The number of nitrogens with one attached hydrogen (secondary N) is 2. The monoisotopic (exact) mass is 323 g/mol. The third kappa shape index (κ3) is 3.22. The Bertz CT molecular complexity index is 892. The van der Waals surface area contributed by atoms with Crippen LogP contribution in [0.25, 0.3) is 10.9 Å². The van der Waals surface area contributed by atoms with Crippen LogP contribution >= 0.6 is 0 Å². The molecule has 2 heterocycles. The number of aromatic nitrogens is 3. The molecule has 3 aromatic rings. The SMILES string of the molecule is Cn1ccc2cccc(NC(=O)Nc3nccc(C(C)(C)C)n3)c21. The van der Waals surface area contributed by atoms with Gasteiger partial charge in [0, 0.05) is 30.2 Å². The van der Waals surface area contributed by atoms with Crippen molar-refractivity contribution >= 4 is 28.6 Å². The lowest BCUT2D eigenvalue weighted by Gasteiger charge is -2.18. The first kappa shape index (κ1) is 16.0. The van der Waals surface area contributed by atoms with Crippen molar-refractivity contribution in [1.82, 2.24) is 14.5 Å². The minimum atomic E-state index is -0.366. The highest BCUT2D eigenvalue weighted by Gasteiger charge is 2.17. The average molecular weight is 323 g/mol. The number of rotatable bonds is 2. The molecule has 2 amide bonds. The number of aryl methyl sites for hydroxylation is 1.